The lowest BCUT2D eigenvalue weighted by Gasteiger charge is -2.36. The van der Waals surface area contributed by atoms with Gasteiger partial charge in [-0.15, -0.1) is 0 Å². The molecule has 2 aliphatic heterocycles. The van der Waals surface area contributed by atoms with Crippen LogP contribution in [0, 0.1) is 0 Å². The van der Waals surface area contributed by atoms with Crippen molar-refractivity contribution in [3.05, 3.63) is 231 Å². The fraction of sp³-hybridized carbons (Fsp3) is 0.0606. The van der Waals surface area contributed by atoms with Crippen LogP contribution in [-0.4, -0.2) is 16.1 Å². The highest BCUT2D eigenvalue weighted by atomic mass is 28.3. The van der Waals surface area contributed by atoms with Gasteiger partial charge < -0.3 is 9.80 Å². The fourth-order valence-corrected chi connectivity index (χ4v) is 18.7. The molecule has 14 rings (SSSR count). The van der Waals surface area contributed by atoms with Crippen LogP contribution in [0.5, 0.6) is 0 Å². The van der Waals surface area contributed by atoms with E-state index in [1.54, 1.807) is 0 Å². The van der Waals surface area contributed by atoms with Crippen molar-refractivity contribution in [1.82, 2.24) is 0 Å². The Morgan fingerprint density at radius 3 is 1.09 bits per heavy atom. The Morgan fingerprint density at radius 1 is 0.271 bits per heavy atom. The molecular formula is C66H50N2Si2. The van der Waals surface area contributed by atoms with E-state index in [-0.39, 0.29) is 0 Å². The van der Waals surface area contributed by atoms with Crippen LogP contribution in [0.3, 0.4) is 0 Å². The number of hydrogen-bond acceptors (Lipinski definition) is 2. The number of hydrogen-bond donors (Lipinski definition) is 0. The summed E-state index contributed by atoms with van der Waals surface area (Å²) < 4.78 is 0. The minimum Gasteiger partial charge on any atom is -0.309 e. The number of benzene rings is 12. The third-order valence-corrected chi connectivity index (χ3v) is 23.0. The number of fused-ring (bicyclic) bond motifs is 10. The van der Waals surface area contributed by atoms with E-state index in [4.69, 9.17) is 0 Å². The molecule has 0 N–H and O–H groups in total. The highest BCUT2D eigenvalue weighted by Gasteiger charge is 2.43. The van der Waals surface area contributed by atoms with Gasteiger partial charge in [-0.05, 0) is 124 Å². The third-order valence-electron chi connectivity index (χ3n) is 16.0. The van der Waals surface area contributed by atoms with Gasteiger partial charge in [0.1, 0.15) is 16.1 Å². The molecule has 0 amide bonds. The summed E-state index contributed by atoms with van der Waals surface area (Å²) in [6, 6.07) is 87.0. The maximum atomic E-state index is 2.65. The Hall–Kier alpha value is -8.03. The van der Waals surface area contributed by atoms with Crippen LogP contribution >= 0.6 is 0 Å². The van der Waals surface area contributed by atoms with Crippen molar-refractivity contribution in [3.8, 4) is 22.3 Å². The van der Waals surface area contributed by atoms with Crippen LogP contribution in [-0.2, 0) is 0 Å². The Morgan fingerprint density at radius 2 is 0.629 bits per heavy atom. The van der Waals surface area contributed by atoms with E-state index in [0.717, 1.165) is 0 Å². The first-order chi connectivity index (χ1) is 34.3. The standard InChI is InChI=1S/C66H50N2Si2/c1-69(2)61-35-17-30-55-65-54-39-37-48(68(59-33-15-24-45-20-7-11-28-51(45)59)60-34-16-25-46-21-8-12-29-52(46)60)41-63(54)70(3,4)64(65)42-56(66(55)61)53-38-36-47(40-62(53)69)67(57-31-13-22-43-18-5-9-26-49(43)57)58-32-14-23-44-19-6-10-27-50(44)58/h5-42H,1-4H3. The van der Waals surface area contributed by atoms with E-state index >= 15 is 0 Å². The zero-order valence-electron chi connectivity index (χ0n) is 39.8. The quantitative estimate of drug-likeness (QED) is 0.153. The molecule has 0 fully saturated rings. The normalized spacial score (nSPS) is 13.9. The topological polar surface area (TPSA) is 6.48 Å². The Labute approximate surface area is 411 Å². The minimum absolute atomic E-state index is 1.19. The van der Waals surface area contributed by atoms with Crippen molar-refractivity contribution in [2.75, 3.05) is 9.80 Å². The van der Waals surface area contributed by atoms with Crippen LogP contribution in [0.1, 0.15) is 0 Å². The van der Waals surface area contributed by atoms with Crippen molar-refractivity contribution < 1.29 is 0 Å². The average Bonchev–Trinajstić information content (AvgIpc) is 3.63. The molecule has 12 aromatic carbocycles. The SMILES string of the molecule is C[Si]1(C)c2cc(N(c3cccc4ccccc34)c3cccc4ccccc34)ccc2-c2c1cc1c3c(cccc23)[Si](C)(C)c2cc(N(c3cccc4ccccc34)c3cccc4ccccc34)ccc2-1. The van der Waals surface area contributed by atoms with Crippen LogP contribution in [0.15, 0.2) is 231 Å². The van der Waals surface area contributed by atoms with Crippen molar-refractivity contribution >= 4 is 125 Å². The van der Waals surface area contributed by atoms with Crippen LogP contribution in [0.2, 0.25) is 26.2 Å². The summed E-state index contributed by atoms with van der Waals surface area (Å²) in [4.78, 5) is 5.05. The van der Waals surface area contributed by atoms with Gasteiger partial charge in [0.15, 0.2) is 0 Å². The lowest BCUT2D eigenvalue weighted by molar-refractivity contribution is 1.31. The monoisotopic (exact) mass is 926 g/mol. The number of rotatable bonds is 6. The first-order valence-corrected chi connectivity index (χ1v) is 30.7. The van der Waals surface area contributed by atoms with E-state index in [1.165, 1.54) is 131 Å². The molecule has 0 aliphatic carbocycles. The summed E-state index contributed by atoms with van der Waals surface area (Å²) in [5.41, 5.74) is 12.8. The third kappa shape index (κ3) is 5.90. The van der Waals surface area contributed by atoms with Crippen LogP contribution < -0.4 is 30.5 Å². The largest absolute Gasteiger partial charge is 0.309 e. The zero-order chi connectivity index (χ0) is 46.9. The maximum absolute atomic E-state index is 2.65. The molecule has 332 valence electrons. The predicted octanol–water partition coefficient (Wildman–Crippen LogP) is 16.0. The smallest absolute Gasteiger partial charge is 0.113 e. The zero-order valence-corrected chi connectivity index (χ0v) is 41.8. The molecule has 0 aromatic heterocycles. The molecule has 0 radical (unpaired) electrons. The first kappa shape index (κ1) is 41.0. The summed E-state index contributed by atoms with van der Waals surface area (Å²) in [6.07, 6.45) is 0. The van der Waals surface area contributed by atoms with Gasteiger partial charge in [0.05, 0.1) is 22.7 Å². The van der Waals surface area contributed by atoms with Gasteiger partial charge in [0.25, 0.3) is 0 Å². The first-order valence-electron chi connectivity index (χ1n) is 24.7. The Balaban J connectivity index is 0.963. The molecule has 0 saturated carbocycles. The second kappa shape index (κ2) is 15.2. The molecule has 0 atom stereocenters. The highest BCUT2D eigenvalue weighted by molar-refractivity contribution is 7.05. The Kier molecular flexibility index (Phi) is 8.92. The predicted molar refractivity (Wildman–Crippen MR) is 308 cm³/mol. The van der Waals surface area contributed by atoms with Crippen molar-refractivity contribution in [1.29, 1.82) is 0 Å². The molecular weight excluding hydrogens is 877 g/mol. The van der Waals surface area contributed by atoms with Gasteiger partial charge in [-0.1, -0.05) is 208 Å². The summed E-state index contributed by atoms with van der Waals surface area (Å²) in [5, 5.41) is 18.8. The fourth-order valence-electron chi connectivity index (χ4n) is 12.5. The molecule has 0 saturated heterocycles. The summed E-state index contributed by atoms with van der Waals surface area (Å²) in [7, 11) is -4.55. The maximum Gasteiger partial charge on any atom is 0.113 e. The molecule has 12 aromatic rings. The molecule has 0 bridgehead atoms. The summed E-state index contributed by atoms with van der Waals surface area (Å²) in [6.45, 7) is 10.3. The minimum atomic E-state index is -2.28. The molecule has 4 heteroatoms. The summed E-state index contributed by atoms with van der Waals surface area (Å²) >= 11 is 0. The van der Waals surface area contributed by atoms with Gasteiger partial charge in [0.2, 0.25) is 0 Å². The van der Waals surface area contributed by atoms with Gasteiger partial charge in [-0.2, -0.15) is 0 Å². The van der Waals surface area contributed by atoms with Crippen molar-refractivity contribution in [3.63, 3.8) is 0 Å². The van der Waals surface area contributed by atoms with E-state index in [2.05, 4.69) is 267 Å². The van der Waals surface area contributed by atoms with Gasteiger partial charge in [-0.3, -0.25) is 0 Å². The lowest BCUT2D eigenvalue weighted by atomic mass is 9.91. The molecule has 2 aliphatic rings. The van der Waals surface area contributed by atoms with Crippen molar-refractivity contribution in [2.45, 2.75) is 26.2 Å². The molecule has 2 heterocycles. The van der Waals surface area contributed by atoms with E-state index in [1.807, 2.05) is 0 Å². The van der Waals surface area contributed by atoms with Crippen LogP contribution in [0.25, 0.3) is 76.1 Å². The lowest BCUT2D eigenvalue weighted by Crippen LogP contribution is -2.56. The van der Waals surface area contributed by atoms with Gasteiger partial charge >= 0.3 is 0 Å². The van der Waals surface area contributed by atoms with Gasteiger partial charge in [0, 0.05) is 32.9 Å². The number of nitrogens with zero attached hydrogens (tertiary/aromatic N) is 2. The summed E-state index contributed by atoms with van der Waals surface area (Å²) in [5.74, 6) is 0. The molecule has 0 unspecified atom stereocenters. The van der Waals surface area contributed by atoms with Gasteiger partial charge in [-0.25, -0.2) is 0 Å². The number of anilines is 6. The van der Waals surface area contributed by atoms with E-state index < -0.39 is 16.1 Å². The van der Waals surface area contributed by atoms with Crippen LogP contribution in [0.4, 0.5) is 34.1 Å². The average molecular weight is 927 g/mol. The van der Waals surface area contributed by atoms with E-state index in [0.29, 0.717) is 0 Å². The van der Waals surface area contributed by atoms with E-state index in [9.17, 15) is 0 Å². The molecule has 2 nitrogen and oxygen atoms in total. The Bertz CT molecular complexity index is 3990. The second-order valence-electron chi connectivity index (χ2n) is 20.4. The highest BCUT2D eigenvalue weighted by Crippen LogP contribution is 2.47. The second-order valence-corrected chi connectivity index (χ2v) is 29.1. The molecule has 0 spiro atoms. The molecule has 70 heavy (non-hydrogen) atoms. The van der Waals surface area contributed by atoms with Crippen molar-refractivity contribution in [2.24, 2.45) is 0 Å².